The van der Waals surface area contributed by atoms with Crippen LogP contribution in [0.25, 0.3) is 0 Å². The minimum Gasteiger partial charge on any atom is -0.481 e. The number of aliphatic hydroxyl groups is 1. The van der Waals surface area contributed by atoms with Crippen LogP contribution in [0.15, 0.2) is 30.9 Å². The lowest BCUT2D eigenvalue weighted by Gasteiger charge is -2.38. The maximum absolute atomic E-state index is 14.5. The van der Waals surface area contributed by atoms with Crippen molar-refractivity contribution >= 4 is 51.2 Å². The van der Waals surface area contributed by atoms with Gasteiger partial charge in [0.05, 0.1) is 16.6 Å². The predicted molar refractivity (Wildman–Crippen MR) is 146 cm³/mol. The van der Waals surface area contributed by atoms with Crippen LogP contribution < -0.4 is 4.90 Å². The highest BCUT2D eigenvalue weighted by Crippen LogP contribution is 2.67. The van der Waals surface area contributed by atoms with Gasteiger partial charge in [0.25, 0.3) is 5.91 Å². The Kier molecular flexibility index (Phi) is 8.22. The molecule has 0 aromatic heterocycles. The van der Waals surface area contributed by atoms with E-state index in [1.165, 1.54) is 11.8 Å². The van der Waals surface area contributed by atoms with Crippen LogP contribution in [-0.2, 0) is 14.4 Å². The molecule has 0 aliphatic carbocycles. The average molecular weight is 580 g/mol. The minimum absolute atomic E-state index is 0.0690. The molecule has 0 radical (unpaired) electrons. The van der Waals surface area contributed by atoms with Gasteiger partial charge in [0.1, 0.15) is 6.04 Å². The largest absolute Gasteiger partial charge is 0.481 e. The molecule has 2 amide bonds. The highest BCUT2D eigenvalue weighted by Gasteiger charge is 2.76. The van der Waals surface area contributed by atoms with Crippen LogP contribution in [0.1, 0.15) is 43.2 Å². The number of likely N-dealkylation sites (tertiary alicyclic amines) is 1. The minimum atomic E-state index is -0.967. The fourth-order valence-electron chi connectivity index (χ4n) is 6.48. The Bertz CT molecular complexity index is 1030. The van der Waals surface area contributed by atoms with E-state index >= 15 is 0 Å². The summed E-state index contributed by atoms with van der Waals surface area (Å²) in [6, 6.07) is 5.15. The summed E-state index contributed by atoms with van der Waals surface area (Å²) in [4.78, 5) is 44.1. The zero-order chi connectivity index (χ0) is 26.2. The number of fused-ring (bicyclic) bond motifs is 1. The third-order valence-electron chi connectivity index (χ3n) is 7.90. The van der Waals surface area contributed by atoms with Gasteiger partial charge < -0.3 is 20.0 Å². The van der Waals surface area contributed by atoms with Crippen molar-refractivity contribution in [1.82, 2.24) is 4.90 Å². The summed E-state index contributed by atoms with van der Waals surface area (Å²) in [5.74, 6) is -2.88. The number of carboxylic acid groups (broad SMARTS) is 1. The molecule has 7 nitrogen and oxygen atoms in total. The topological polar surface area (TPSA) is 98.2 Å². The van der Waals surface area contributed by atoms with Crippen molar-refractivity contribution in [3.63, 3.8) is 0 Å². The quantitative estimate of drug-likeness (QED) is 0.234. The van der Waals surface area contributed by atoms with E-state index < -0.39 is 28.6 Å². The van der Waals surface area contributed by atoms with E-state index in [1.807, 2.05) is 32.0 Å². The number of aliphatic carboxylic acids is 1. The Morgan fingerprint density at radius 1 is 1.25 bits per heavy atom. The van der Waals surface area contributed by atoms with E-state index in [0.717, 1.165) is 29.7 Å². The van der Waals surface area contributed by atoms with Gasteiger partial charge in [-0.3, -0.25) is 14.4 Å². The molecule has 196 valence electrons. The van der Waals surface area contributed by atoms with Crippen molar-refractivity contribution < 1.29 is 24.6 Å². The number of thioether (sulfide) groups is 1. The van der Waals surface area contributed by atoms with Gasteiger partial charge in [-0.05, 0) is 44.2 Å². The molecule has 1 aromatic rings. The van der Waals surface area contributed by atoms with Crippen molar-refractivity contribution in [3.05, 3.63) is 42.0 Å². The Hall–Kier alpha value is -1.84. The lowest BCUT2D eigenvalue weighted by molar-refractivity contribution is -0.148. The van der Waals surface area contributed by atoms with E-state index in [0.29, 0.717) is 32.4 Å². The van der Waals surface area contributed by atoms with Crippen LogP contribution >= 0.6 is 27.7 Å². The van der Waals surface area contributed by atoms with Crippen LogP contribution in [0.5, 0.6) is 0 Å². The van der Waals surface area contributed by atoms with Crippen molar-refractivity contribution in [3.8, 4) is 0 Å². The molecule has 3 aliphatic heterocycles. The SMILES string of the molecule is C=CCN(C(=O)C1N(CCCCCCO)C(=O)[C@@H]2[C@@H](C(=O)O)[C@@H]3SC12CC3Br)c1c(C)cccc1C. The van der Waals surface area contributed by atoms with E-state index in [4.69, 9.17) is 5.11 Å². The monoisotopic (exact) mass is 578 g/mol. The zero-order valence-electron chi connectivity index (χ0n) is 20.9. The number of aryl methyl sites for hydroxylation is 2. The number of aliphatic hydroxyl groups excluding tert-OH is 1. The summed E-state index contributed by atoms with van der Waals surface area (Å²) < 4.78 is -0.781. The van der Waals surface area contributed by atoms with Gasteiger partial charge >= 0.3 is 5.97 Å². The molecule has 1 spiro atoms. The number of rotatable bonds is 11. The molecule has 3 unspecified atom stereocenters. The van der Waals surface area contributed by atoms with Crippen molar-refractivity contribution in [1.29, 1.82) is 0 Å². The van der Waals surface area contributed by atoms with Crippen molar-refractivity contribution in [2.24, 2.45) is 11.8 Å². The normalized spacial score (nSPS) is 30.5. The van der Waals surface area contributed by atoms with E-state index in [2.05, 4.69) is 22.5 Å². The highest BCUT2D eigenvalue weighted by molar-refractivity contribution is 9.09. The smallest absolute Gasteiger partial charge is 0.308 e. The fourth-order valence-corrected chi connectivity index (χ4v) is 10.1. The first-order valence-corrected chi connectivity index (χ1v) is 14.4. The molecule has 9 heteroatoms. The van der Waals surface area contributed by atoms with Crippen LogP contribution in [0.2, 0.25) is 0 Å². The van der Waals surface area contributed by atoms with Gasteiger partial charge in [-0.2, -0.15) is 0 Å². The molecular weight excluding hydrogens is 544 g/mol. The standard InChI is InChI=1S/C27H35BrN2O5S/c1-4-12-29(21-16(2)10-9-11-17(21)3)25(33)23-27-15-18(28)22(36-27)19(26(34)35)20(27)24(32)30(23)13-7-5-6-8-14-31/h4,9-11,18-20,22-23,31H,1,5-8,12-15H2,2-3H3,(H,34,35)/t18?,19-,20+,22-,23?,27?/m1/s1. The lowest BCUT2D eigenvalue weighted by Crippen LogP contribution is -2.55. The van der Waals surface area contributed by atoms with Crippen LogP contribution in [-0.4, -0.2) is 73.5 Å². The lowest BCUT2D eigenvalue weighted by atomic mass is 9.71. The molecule has 6 atom stereocenters. The number of benzene rings is 1. The first-order chi connectivity index (χ1) is 17.2. The van der Waals surface area contributed by atoms with Crippen LogP contribution in [0.3, 0.4) is 0 Å². The maximum Gasteiger partial charge on any atom is 0.308 e. The Labute approximate surface area is 225 Å². The van der Waals surface area contributed by atoms with Gasteiger partial charge in [-0.15, -0.1) is 18.3 Å². The Balaban J connectivity index is 1.76. The number of anilines is 1. The third-order valence-corrected chi connectivity index (χ3v) is 11.1. The number of hydrogen-bond acceptors (Lipinski definition) is 5. The molecular formula is C27H35BrN2O5S. The molecule has 2 N–H and O–H groups in total. The molecule has 4 rings (SSSR count). The number of hydrogen-bond donors (Lipinski definition) is 2. The summed E-state index contributed by atoms with van der Waals surface area (Å²) in [6.07, 6.45) is 5.35. The number of para-hydroxylation sites is 1. The fraction of sp³-hybridized carbons (Fsp3) is 0.593. The molecule has 3 aliphatic rings. The Morgan fingerprint density at radius 3 is 2.53 bits per heavy atom. The van der Waals surface area contributed by atoms with Crippen molar-refractivity contribution in [2.45, 2.75) is 66.8 Å². The van der Waals surface area contributed by atoms with Crippen molar-refractivity contribution in [2.75, 3.05) is 24.6 Å². The first-order valence-electron chi connectivity index (χ1n) is 12.6. The van der Waals surface area contributed by atoms with Gasteiger partial charge in [0.15, 0.2) is 0 Å². The van der Waals surface area contributed by atoms with Crippen LogP contribution in [0, 0.1) is 25.7 Å². The number of carbonyl (C=O) groups is 3. The van der Waals surface area contributed by atoms with Gasteiger partial charge in [0.2, 0.25) is 5.91 Å². The van der Waals surface area contributed by atoms with E-state index in [1.54, 1.807) is 15.9 Å². The zero-order valence-corrected chi connectivity index (χ0v) is 23.3. The number of amides is 2. The third kappa shape index (κ3) is 4.41. The van der Waals surface area contributed by atoms with E-state index in [-0.39, 0.29) is 28.5 Å². The first kappa shape index (κ1) is 27.2. The number of unbranched alkanes of at least 4 members (excludes halogenated alkanes) is 3. The van der Waals surface area contributed by atoms with Crippen LogP contribution in [0.4, 0.5) is 5.69 Å². The second kappa shape index (κ2) is 10.9. The second-order valence-corrected chi connectivity index (χ2v) is 12.9. The number of carbonyl (C=O) groups excluding carboxylic acids is 2. The summed E-state index contributed by atoms with van der Waals surface area (Å²) in [5.41, 5.74) is 2.74. The van der Waals surface area contributed by atoms with Gasteiger partial charge in [-0.1, -0.05) is 53.0 Å². The number of carboxylic acids is 1. The maximum atomic E-state index is 14.5. The molecule has 3 fully saturated rings. The highest BCUT2D eigenvalue weighted by atomic mass is 79.9. The predicted octanol–water partition coefficient (Wildman–Crippen LogP) is 3.92. The average Bonchev–Trinajstić information content (AvgIpc) is 3.41. The second-order valence-electron chi connectivity index (χ2n) is 10.1. The molecule has 1 aromatic carbocycles. The molecule has 3 heterocycles. The summed E-state index contributed by atoms with van der Waals surface area (Å²) in [7, 11) is 0. The number of halogens is 1. The Morgan fingerprint density at radius 2 is 1.92 bits per heavy atom. The molecule has 2 bridgehead atoms. The molecule has 36 heavy (non-hydrogen) atoms. The number of alkyl halides is 1. The van der Waals surface area contributed by atoms with Gasteiger partial charge in [0, 0.05) is 35.5 Å². The van der Waals surface area contributed by atoms with E-state index in [9.17, 15) is 19.5 Å². The molecule has 0 saturated carbocycles. The van der Waals surface area contributed by atoms with Gasteiger partial charge in [-0.25, -0.2) is 0 Å². The summed E-state index contributed by atoms with van der Waals surface area (Å²) >= 11 is 5.22. The number of nitrogens with zero attached hydrogens (tertiary/aromatic N) is 2. The summed E-state index contributed by atoms with van der Waals surface area (Å²) in [6.45, 7) is 8.65. The molecule has 3 saturated heterocycles. The summed E-state index contributed by atoms with van der Waals surface area (Å²) in [5, 5.41) is 19.0.